The van der Waals surface area contributed by atoms with Gasteiger partial charge in [0.1, 0.15) is 0 Å². The molecule has 5 nitrogen and oxygen atoms in total. The first-order valence-corrected chi connectivity index (χ1v) is 9.04. The Morgan fingerprint density at radius 3 is 2.95 bits per heavy atom. The van der Waals surface area contributed by atoms with Crippen molar-refractivity contribution < 1.29 is 9.59 Å². The Kier molecular flexibility index (Phi) is 4.76. The lowest BCUT2D eigenvalue weighted by atomic mass is 10.0. The summed E-state index contributed by atoms with van der Waals surface area (Å²) in [4.78, 5) is 32.4. The molecular weight excluding hydrogens is 298 g/mol. The SMILES string of the molecule is CC1CCCN(C(=O)Cc2csc(N3CCCC3=O)n2)CC1. The van der Waals surface area contributed by atoms with Gasteiger partial charge in [-0.3, -0.25) is 14.5 Å². The van der Waals surface area contributed by atoms with Gasteiger partial charge < -0.3 is 4.90 Å². The van der Waals surface area contributed by atoms with Gasteiger partial charge in [-0.15, -0.1) is 11.3 Å². The van der Waals surface area contributed by atoms with Gasteiger partial charge in [0, 0.05) is 31.4 Å². The number of amides is 2. The third-order valence-corrected chi connectivity index (χ3v) is 5.46. The van der Waals surface area contributed by atoms with E-state index in [4.69, 9.17) is 0 Å². The number of thiazole rings is 1. The summed E-state index contributed by atoms with van der Waals surface area (Å²) in [7, 11) is 0. The molecule has 2 saturated heterocycles. The molecule has 0 bridgehead atoms. The first kappa shape index (κ1) is 15.5. The lowest BCUT2D eigenvalue weighted by Crippen LogP contribution is -2.33. The molecule has 3 heterocycles. The van der Waals surface area contributed by atoms with Crippen LogP contribution in [0, 0.1) is 5.92 Å². The molecule has 3 rings (SSSR count). The number of carbonyl (C=O) groups is 2. The Morgan fingerprint density at radius 1 is 1.32 bits per heavy atom. The number of aromatic nitrogens is 1. The Balaban J connectivity index is 1.59. The Hall–Kier alpha value is -1.43. The molecular formula is C16H23N3O2S. The molecule has 120 valence electrons. The van der Waals surface area contributed by atoms with Crippen LogP contribution < -0.4 is 4.90 Å². The Bertz CT molecular complexity index is 557. The van der Waals surface area contributed by atoms with Crippen LogP contribution in [0.4, 0.5) is 5.13 Å². The van der Waals surface area contributed by atoms with E-state index in [-0.39, 0.29) is 11.8 Å². The molecule has 2 aliphatic heterocycles. The van der Waals surface area contributed by atoms with Crippen molar-refractivity contribution in [3.05, 3.63) is 11.1 Å². The van der Waals surface area contributed by atoms with Crippen LogP contribution in [0.5, 0.6) is 0 Å². The molecule has 1 aromatic rings. The van der Waals surface area contributed by atoms with Gasteiger partial charge in [0.15, 0.2) is 5.13 Å². The van der Waals surface area contributed by atoms with E-state index in [9.17, 15) is 9.59 Å². The largest absolute Gasteiger partial charge is 0.342 e. The maximum atomic E-state index is 12.4. The fourth-order valence-electron chi connectivity index (χ4n) is 3.13. The second kappa shape index (κ2) is 6.77. The van der Waals surface area contributed by atoms with Crippen molar-refractivity contribution >= 4 is 28.3 Å². The highest BCUT2D eigenvalue weighted by atomic mass is 32.1. The van der Waals surface area contributed by atoms with Crippen molar-refractivity contribution in [3.8, 4) is 0 Å². The summed E-state index contributed by atoms with van der Waals surface area (Å²) in [6.07, 6.45) is 5.26. The van der Waals surface area contributed by atoms with Crippen LogP contribution >= 0.6 is 11.3 Å². The maximum absolute atomic E-state index is 12.4. The van der Waals surface area contributed by atoms with Crippen LogP contribution in [0.2, 0.25) is 0 Å². The standard InChI is InChI=1S/C16H23N3O2S/c1-12-4-2-7-18(9-6-12)15(21)10-13-11-22-16(17-13)19-8-3-5-14(19)20/h11-12H,2-10H2,1H3. The molecule has 0 saturated carbocycles. The predicted octanol–water partition coefficient (Wildman–Crippen LogP) is 2.46. The summed E-state index contributed by atoms with van der Waals surface area (Å²) in [5.41, 5.74) is 0.794. The average molecular weight is 321 g/mol. The lowest BCUT2D eigenvalue weighted by molar-refractivity contribution is -0.130. The number of nitrogens with zero attached hydrogens (tertiary/aromatic N) is 3. The van der Waals surface area contributed by atoms with Crippen LogP contribution in [0.1, 0.15) is 44.7 Å². The van der Waals surface area contributed by atoms with Crippen LogP contribution in [-0.4, -0.2) is 41.3 Å². The molecule has 0 spiro atoms. The second-order valence-electron chi connectivity index (χ2n) is 6.36. The van der Waals surface area contributed by atoms with E-state index in [0.717, 1.165) is 49.7 Å². The van der Waals surface area contributed by atoms with Crippen LogP contribution in [0.25, 0.3) is 0 Å². The summed E-state index contributed by atoms with van der Waals surface area (Å²) in [5.74, 6) is 1.03. The van der Waals surface area contributed by atoms with E-state index in [0.29, 0.717) is 18.8 Å². The molecule has 0 aromatic carbocycles. The molecule has 2 amide bonds. The highest BCUT2D eigenvalue weighted by Gasteiger charge is 2.25. The van der Waals surface area contributed by atoms with E-state index in [1.165, 1.54) is 17.8 Å². The zero-order chi connectivity index (χ0) is 15.5. The fourth-order valence-corrected chi connectivity index (χ4v) is 4.00. The first-order valence-electron chi connectivity index (χ1n) is 8.16. The fraction of sp³-hybridized carbons (Fsp3) is 0.688. The minimum atomic E-state index is 0.147. The second-order valence-corrected chi connectivity index (χ2v) is 7.20. The molecule has 1 aromatic heterocycles. The van der Waals surface area contributed by atoms with Gasteiger partial charge in [0.2, 0.25) is 11.8 Å². The van der Waals surface area contributed by atoms with E-state index >= 15 is 0 Å². The number of hydrogen-bond donors (Lipinski definition) is 0. The summed E-state index contributed by atoms with van der Waals surface area (Å²) >= 11 is 1.47. The van der Waals surface area contributed by atoms with Crippen LogP contribution in [0.15, 0.2) is 5.38 Å². The summed E-state index contributed by atoms with van der Waals surface area (Å²) in [5, 5.41) is 2.66. The molecule has 0 radical (unpaired) electrons. The van der Waals surface area contributed by atoms with Crippen molar-refractivity contribution in [1.29, 1.82) is 0 Å². The number of anilines is 1. The van der Waals surface area contributed by atoms with E-state index < -0.39 is 0 Å². The molecule has 2 aliphatic rings. The first-order chi connectivity index (χ1) is 10.6. The predicted molar refractivity (Wildman–Crippen MR) is 87.0 cm³/mol. The number of carbonyl (C=O) groups excluding carboxylic acids is 2. The minimum Gasteiger partial charge on any atom is -0.342 e. The molecule has 1 unspecified atom stereocenters. The normalized spacial score (nSPS) is 23.0. The molecule has 1 atom stereocenters. The van der Waals surface area contributed by atoms with E-state index in [1.54, 1.807) is 4.90 Å². The van der Waals surface area contributed by atoms with Gasteiger partial charge in [-0.05, 0) is 31.6 Å². The third kappa shape index (κ3) is 3.48. The Morgan fingerprint density at radius 2 is 2.18 bits per heavy atom. The molecule has 6 heteroatoms. The summed E-state index contributed by atoms with van der Waals surface area (Å²) < 4.78 is 0. The van der Waals surface area contributed by atoms with Crippen molar-refractivity contribution in [3.63, 3.8) is 0 Å². The molecule has 0 N–H and O–H groups in total. The van der Waals surface area contributed by atoms with Crippen molar-refractivity contribution in [1.82, 2.24) is 9.88 Å². The molecule has 2 fully saturated rings. The van der Waals surface area contributed by atoms with Crippen LogP contribution in [-0.2, 0) is 16.0 Å². The van der Waals surface area contributed by atoms with E-state index in [2.05, 4.69) is 11.9 Å². The smallest absolute Gasteiger partial charge is 0.228 e. The van der Waals surface area contributed by atoms with Gasteiger partial charge in [-0.25, -0.2) is 4.98 Å². The summed E-state index contributed by atoms with van der Waals surface area (Å²) in [6.45, 7) is 4.74. The topological polar surface area (TPSA) is 53.5 Å². The van der Waals surface area contributed by atoms with Crippen molar-refractivity contribution in [2.24, 2.45) is 5.92 Å². The van der Waals surface area contributed by atoms with Gasteiger partial charge in [0.25, 0.3) is 0 Å². The minimum absolute atomic E-state index is 0.147. The zero-order valence-corrected chi connectivity index (χ0v) is 13.9. The molecule has 22 heavy (non-hydrogen) atoms. The summed E-state index contributed by atoms with van der Waals surface area (Å²) in [6, 6.07) is 0. The quantitative estimate of drug-likeness (QED) is 0.859. The lowest BCUT2D eigenvalue weighted by Gasteiger charge is -2.20. The van der Waals surface area contributed by atoms with Gasteiger partial charge >= 0.3 is 0 Å². The number of hydrogen-bond acceptors (Lipinski definition) is 4. The monoisotopic (exact) mass is 321 g/mol. The van der Waals surface area contributed by atoms with Crippen molar-refractivity contribution in [2.75, 3.05) is 24.5 Å². The highest BCUT2D eigenvalue weighted by molar-refractivity contribution is 7.14. The van der Waals surface area contributed by atoms with Gasteiger partial charge in [-0.1, -0.05) is 6.92 Å². The van der Waals surface area contributed by atoms with Crippen LogP contribution in [0.3, 0.4) is 0 Å². The Labute approximate surface area is 135 Å². The highest BCUT2D eigenvalue weighted by Crippen LogP contribution is 2.26. The maximum Gasteiger partial charge on any atom is 0.228 e. The number of rotatable bonds is 3. The number of likely N-dealkylation sites (tertiary alicyclic amines) is 1. The van der Waals surface area contributed by atoms with Gasteiger partial charge in [-0.2, -0.15) is 0 Å². The molecule has 0 aliphatic carbocycles. The van der Waals surface area contributed by atoms with E-state index in [1.807, 2.05) is 10.3 Å². The van der Waals surface area contributed by atoms with Gasteiger partial charge in [0.05, 0.1) is 12.1 Å². The third-order valence-electron chi connectivity index (χ3n) is 4.55. The zero-order valence-electron chi connectivity index (χ0n) is 13.1. The average Bonchev–Trinajstić information content (AvgIpc) is 3.05. The van der Waals surface area contributed by atoms with Crippen molar-refractivity contribution in [2.45, 2.75) is 45.4 Å².